The highest BCUT2D eigenvalue weighted by Crippen LogP contribution is 2.15. The third-order valence-corrected chi connectivity index (χ3v) is 4.58. The van der Waals surface area contributed by atoms with Crippen LogP contribution >= 0.6 is 0 Å². The lowest BCUT2D eigenvalue weighted by Gasteiger charge is -2.23. The number of carbonyl (C=O) groups excluding carboxylic acids is 1. The minimum atomic E-state index is -3.70. The molecule has 3 N–H and O–H groups in total. The largest absolute Gasteiger partial charge is 0.395 e. The Hall–Kier alpha value is -0.660. The molecule has 0 radical (unpaired) electrons. The quantitative estimate of drug-likeness (QED) is 0.489. The summed E-state index contributed by atoms with van der Waals surface area (Å²) >= 11 is 0. The summed E-state index contributed by atoms with van der Waals surface area (Å²) in [7, 11) is -3.70. The summed E-state index contributed by atoms with van der Waals surface area (Å²) in [5, 5.41) is 18.1. The number of carbonyl (C=O) groups is 1. The van der Waals surface area contributed by atoms with Gasteiger partial charge in [0.15, 0.2) is 0 Å². The summed E-state index contributed by atoms with van der Waals surface area (Å²) in [6.07, 6.45) is 5.68. The van der Waals surface area contributed by atoms with Gasteiger partial charge in [0.2, 0.25) is 15.9 Å². The van der Waals surface area contributed by atoms with Gasteiger partial charge in [-0.05, 0) is 13.3 Å². The first-order valence-corrected chi connectivity index (χ1v) is 8.73. The van der Waals surface area contributed by atoms with E-state index in [-0.39, 0.29) is 5.75 Å². The molecule has 0 aliphatic rings. The molecular weight excluding hydrogens is 282 g/mol. The van der Waals surface area contributed by atoms with Crippen molar-refractivity contribution in [3.63, 3.8) is 0 Å². The van der Waals surface area contributed by atoms with Gasteiger partial charge in [0.05, 0.1) is 24.4 Å². The molecule has 0 saturated carbocycles. The molecule has 0 unspecified atom stereocenters. The first kappa shape index (κ1) is 19.3. The van der Waals surface area contributed by atoms with E-state index in [0.29, 0.717) is 6.42 Å². The maximum atomic E-state index is 11.7. The van der Waals surface area contributed by atoms with Crippen molar-refractivity contribution in [3.8, 4) is 0 Å². The number of aliphatic hydroxyl groups excluding tert-OH is 2. The van der Waals surface area contributed by atoms with E-state index in [1.807, 2.05) is 4.72 Å². The standard InChI is InChI=1S/C13H27NO5S/c1-3-4-5-6-7-8-9-20(18,19)14-12(17)13(2,10-15)11-16/h15-16H,3-11H2,1-2H3,(H,14,17). The van der Waals surface area contributed by atoms with E-state index in [0.717, 1.165) is 32.1 Å². The van der Waals surface area contributed by atoms with Gasteiger partial charge in [-0.25, -0.2) is 8.42 Å². The topological polar surface area (TPSA) is 104 Å². The molecule has 0 fully saturated rings. The van der Waals surface area contributed by atoms with Crippen LogP contribution in [0, 0.1) is 5.41 Å². The lowest BCUT2D eigenvalue weighted by molar-refractivity contribution is -0.132. The van der Waals surface area contributed by atoms with E-state index in [2.05, 4.69) is 6.92 Å². The second-order valence-electron chi connectivity index (χ2n) is 5.39. The number of sulfonamides is 1. The molecule has 120 valence electrons. The van der Waals surface area contributed by atoms with Gasteiger partial charge < -0.3 is 10.2 Å². The second-order valence-corrected chi connectivity index (χ2v) is 7.24. The fourth-order valence-corrected chi connectivity index (χ4v) is 2.80. The first-order valence-electron chi connectivity index (χ1n) is 7.08. The van der Waals surface area contributed by atoms with E-state index in [1.165, 1.54) is 6.92 Å². The number of rotatable bonds is 11. The zero-order valence-corrected chi connectivity index (χ0v) is 13.2. The molecule has 0 aliphatic carbocycles. The van der Waals surface area contributed by atoms with Gasteiger partial charge in [0.25, 0.3) is 0 Å². The molecule has 7 heteroatoms. The predicted octanol–water partition coefficient (Wildman–Crippen LogP) is 0.784. The molecule has 0 saturated heterocycles. The Balaban J connectivity index is 4.16. The molecule has 0 spiro atoms. The molecule has 0 aromatic heterocycles. The molecule has 0 atom stereocenters. The maximum Gasteiger partial charge on any atom is 0.244 e. The van der Waals surface area contributed by atoms with E-state index in [1.54, 1.807) is 0 Å². The predicted molar refractivity (Wildman–Crippen MR) is 77.6 cm³/mol. The number of aliphatic hydroxyl groups is 2. The zero-order valence-electron chi connectivity index (χ0n) is 12.4. The Kier molecular flexibility index (Phi) is 9.00. The summed E-state index contributed by atoms with van der Waals surface area (Å²) in [4.78, 5) is 11.7. The molecule has 1 amide bonds. The Labute approximate surface area is 121 Å². The van der Waals surface area contributed by atoms with Crippen molar-refractivity contribution in [1.82, 2.24) is 4.72 Å². The van der Waals surface area contributed by atoms with E-state index >= 15 is 0 Å². The molecule has 0 bridgehead atoms. The molecule has 0 rings (SSSR count). The van der Waals surface area contributed by atoms with Gasteiger partial charge in [-0.1, -0.05) is 39.0 Å². The zero-order chi connectivity index (χ0) is 15.6. The SMILES string of the molecule is CCCCCCCCS(=O)(=O)NC(=O)C(C)(CO)CO. The molecule has 0 aliphatic heterocycles. The number of unbranched alkanes of at least 4 members (excludes halogenated alkanes) is 5. The van der Waals surface area contributed by atoms with Crippen LogP contribution in [0.2, 0.25) is 0 Å². The van der Waals surface area contributed by atoms with Crippen LogP contribution in [0.1, 0.15) is 52.4 Å². The van der Waals surface area contributed by atoms with Crippen LogP contribution in [-0.2, 0) is 14.8 Å². The van der Waals surface area contributed by atoms with Crippen LogP contribution < -0.4 is 4.72 Å². The van der Waals surface area contributed by atoms with Crippen LogP contribution in [-0.4, -0.2) is 43.5 Å². The molecular formula is C13H27NO5S. The van der Waals surface area contributed by atoms with E-state index in [9.17, 15) is 13.2 Å². The Morgan fingerprint density at radius 1 is 1.05 bits per heavy atom. The van der Waals surface area contributed by atoms with Gasteiger partial charge in [-0.15, -0.1) is 0 Å². The van der Waals surface area contributed by atoms with Gasteiger partial charge in [-0.2, -0.15) is 0 Å². The Bertz CT molecular complexity index is 376. The smallest absolute Gasteiger partial charge is 0.244 e. The number of hydrogen-bond donors (Lipinski definition) is 3. The molecule has 6 nitrogen and oxygen atoms in total. The van der Waals surface area contributed by atoms with Crippen molar-refractivity contribution in [1.29, 1.82) is 0 Å². The highest BCUT2D eigenvalue weighted by Gasteiger charge is 2.34. The normalized spacial score (nSPS) is 12.4. The fraction of sp³-hybridized carbons (Fsp3) is 0.923. The van der Waals surface area contributed by atoms with Crippen molar-refractivity contribution in [3.05, 3.63) is 0 Å². The Morgan fingerprint density at radius 2 is 1.55 bits per heavy atom. The second kappa shape index (κ2) is 9.31. The number of nitrogens with one attached hydrogen (secondary N) is 1. The maximum absolute atomic E-state index is 11.7. The van der Waals surface area contributed by atoms with Crippen molar-refractivity contribution >= 4 is 15.9 Å². The van der Waals surface area contributed by atoms with E-state index in [4.69, 9.17) is 10.2 Å². The minimum Gasteiger partial charge on any atom is -0.395 e. The summed E-state index contributed by atoms with van der Waals surface area (Å²) in [5.41, 5.74) is -1.48. The third kappa shape index (κ3) is 7.21. The van der Waals surface area contributed by atoms with Crippen molar-refractivity contribution < 1.29 is 23.4 Å². The monoisotopic (exact) mass is 309 g/mol. The fourth-order valence-electron chi connectivity index (χ4n) is 1.58. The highest BCUT2D eigenvalue weighted by atomic mass is 32.2. The average molecular weight is 309 g/mol. The van der Waals surface area contributed by atoms with Gasteiger partial charge in [0, 0.05) is 0 Å². The van der Waals surface area contributed by atoms with Gasteiger partial charge in [-0.3, -0.25) is 9.52 Å². The lowest BCUT2D eigenvalue weighted by atomic mass is 9.92. The van der Waals surface area contributed by atoms with Crippen molar-refractivity contribution in [2.75, 3.05) is 19.0 Å². The van der Waals surface area contributed by atoms with E-state index < -0.39 is 34.6 Å². The average Bonchev–Trinajstić information content (AvgIpc) is 2.41. The Morgan fingerprint density at radius 3 is 2.05 bits per heavy atom. The molecule has 20 heavy (non-hydrogen) atoms. The lowest BCUT2D eigenvalue weighted by Crippen LogP contribution is -2.46. The van der Waals surface area contributed by atoms with Crippen molar-refractivity contribution in [2.45, 2.75) is 52.4 Å². The first-order chi connectivity index (χ1) is 9.31. The summed E-state index contributed by atoms with van der Waals surface area (Å²) in [6, 6.07) is 0. The molecule has 0 aromatic carbocycles. The van der Waals surface area contributed by atoms with Crippen LogP contribution in [0.15, 0.2) is 0 Å². The van der Waals surface area contributed by atoms with Crippen LogP contribution in [0.25, 0.3) is 0 Å². The van der Waals surface area contributed by atoms with Crippen LogP contribution in [0.3, 0.4) is 0 Å². The highest BCUT2D eigenvalue weighted by molar-refractivity contribution is 7.90. The summed E-state index contributed by atoms with van der Waals surface area (Å²) in [5.74, 6) is -0.980. The van der Waals surface area contributed by atoms with Crippen LogP contribution in [0.4, 0.5) is 0 Å². The molecule has 0 heterocycles. The number of hydrogen-bond acceptors (Lipinski definition) is 5. The summed E-state index contributed by atoms with van der Waals surface area (Å²) in [6.45, 7) is 2.20. The third-order valence-electron chi connectivity index (χ3n) is 3.26. The van der Waals surface area contributed by atoms with Gasteiger partial charge in [0.1, 0.15) is 0 Å². The van der Waals surface area contributed by atoms with Crippen LogP contribution in [0.5, 0.6) is 0 Å². The van der Waals surface area contributed by atoms with Gasteiger partial charge >= 0.3 is 0 Å². The summed E-state index contributed by atoms with van der Waals surface area (Å²) < 4.78 is 25.3. The number of amides is 1. The minimum absolute atomic E-state index is 0.113. The molecule has 0 aromatic rings. The van der Waals surface area contributed by atoms with Crippen molar-refractivity contribution in [2.24, 2.45) is 5.41 Å².